The van der Waals surface area contributed by atoms with E-state index in [4.69, 9.17) is 4.42 Å². The molecule has 0 aliphatic carbocycles. The van der Waals surface area contributed by atoms with Crippen molar-refractivity contribution in [3.05, 3.63) is 64.8 Å². The molecule has 0 aliphatic rings. The van der Waals surface area contributed by atoms with Gasteiger partial charge in [0.15, 0.2) is 0 Å². The first kappa shape index (κ1) is 12.6. The molecule has 0 saturated carbocycles. The van der Waals surface area contributed by atoms with E-state index in [1.54, 1.807) is 24.4 Å². The van der Waals surface area contributed by atoms with Crippen LogP contribution in [0.1, 0.15) is 5.56 Å². The van der Waals surface area contributed by atoms with Crippen molar-refractivity contribution in [2.75, 3.05) is 0 Å². The highest BCUT2D eigenvalue weighted by Gasteiger charge is 2.12. The number of aromatic hydroxyl groups is 1. The number of aryl methyl sites for hydroxylation is 1. The average Bonchev–Trinajstić information content (AvgIpc) is 2.89. The monoisotopic (exact) mass is 292 g/mol. The van der Waals surface area contributed by atoms with Crippen molar-refractivity contribution in [2.24, 2.45) is 0 Å². The normalized spacial score (nSPS) is 11.3. The van der Waals surface area contributed by atoms with Gasteiger partial charge in [-0.1, -0.05) is 6.07 Å². The van der Waals surface area contributed by atoms with Gasteiger partial charge in [-0.05, 0) is 36.8 Å². The Morgan fingerprint density at radius 3 is 2.86 bits per heavy atom. The summed E-state index contributed by atoms with van der Waals surface area (Å²) in [7, 11) is 0. The van der Waals surface area contributed by atoms with Crippen molar-refractivity contribution in [1.82, 2.24) is 9.38 Å². The number of hydrogen-bond donors (Lipinski definition) is 1. The van der Waals surface area contributed by atoms with Crippen LogP contribution in [0.25, 0.3) is 27.9 Å². The van der Waals surface area contributed by atoms with E-state index in [2.05, 4.69) is 4.98 Å². The zero-order valence-electron chi connectivity index (χ0n) is 11.8. The van der Waals surface area contributed by atoms with Crippen LogP contribution in [-0.2, 0) is 0 Å². The van der Waals surface area contributed by atoms with E-state index >= 15 is 0 Å². The number of phenolic OH excluding ortho intramolecular Hbond substituents is 1. The van der Waals surface area contributed by atoms with E-state index < -0.39 is 5.63 Å². The summed E-state index contributed by atoms with van der Waals surface area (Å²) in [6.07, 6.45) is 3.76. The Bertz CT molecular complexity index is 1080. The average molecular weight is 292 g/mol. The van der Waals surface area contributed by atoms with Crippen molar-refractivity contribution in [3.63, 3.8) is 0 Å². The molecule has 3 aromatic heterocycles. The number of nitrogens with zero attached hydrogens (tertiary/aromatic N) is 2. The minimum Gasteiger partial charge on any atom is -0.508 e. The first-order valence-electron chi connectivity index (χ1n) is 6.83. The number of hydrogen-bond acceptors (Lipinski definition) is 4. The SMILES string of the molecule is Cc1ccc2nc(-c3cc4ccc(O)cc4oc3=O)cn2c1. The Hall–Kier alpha value is -3.08. The molecule has 0 fully saturated rings. The van der Waals surface area contributed by atoms with Gasteiger partial charge in [-0.3, -0.25) is 0 Å². The lowest BCUT2D eigenvalue weighted by Gasteiger charge is -2.00. The Labute approximate surface area is 125 Å². The van der Waals surface area contributed by atoms with Gasteiger partial charge >= 0.3 is 5.63 Å². The second-order valence-electron chi connectivity index (χ2n) is 5.27. The zero-order valence-corrected chi connectivity index (χ0v) is 11.8. The van der Waals surface area contributed by atoms with E-state index in [0.717, 1.165) is 16.6 Å². The van der Waals surface area contributed by atoms with Crippen LogP contribution in [-0.4, -0.2) is 14.5 Å². The maximum Gasteiger partial charge on any atom is 0.345 e. The molecule has 0 saturated heterocycles. The van der Waals surface area contributed by atoms with Crippen LogP contribution in [0.3, 0.4) is 0 Å². The second kappa shape index (κ2) is 4.46. The molecule has 0 spiro atoms. The molecule has 0 aliphatic heterocycles. The summed E-state index contributed by atoms with van der Waals surface area (Å²) in [6, 6.07) is 10.3. The van der Waals surface area contributed by atoms with Gasteiger partial charge in [0.05, 0.1) is 11.3 Å². The minimum absolute atomic E-state index is 0.0617. The van der Waals surface area contributed by atoms with Gasteiger partial charge in [-0.15, -0.1) is 0 Å². The highest BCUT2D eigenvalue weighted by Crippen LogP contribution is 2.23. The van der Waals surface area contributed by atoms with Gasteiger partial charge in [0.2, 0.25) is 0 Å². The molecular formula is C17H12N2O3. The number of rotatable bonds is 1. The molecule has 4 aromatic rings. The van der Waals surface area contributed by atoms with Crippen LogP contribution < -0.4 is 5.63 Å². The maximum atomic E-state index is 12.2. The minimum atomic E-state index is -0.474. The fraction of sp³-hybridized carbons (Fsp3) is 0.0588. The van der Waals surface area contributed by atoms with Crippen LogP contribution in [0.4, 0.5) is 0 Å². The van der Waals surface area contributed by atoms with Crippen LogP contribution in [0.5, 0.6) is 5.75 Å². The molecule has 5 heteroatoms. The Kier molecular flexibility index (Phi) is 2.56. The van der Waals surface area contributed by atoms with Gasteiger partial charge in [0.25, 0.3) is 0 Å². The fourth-order valence-electron chi connectivity index (χ4n) is 2.51. The molecule has 22 heavy (non-hydrogen) atoms. The Morgan fingerprint density at radius 2 is 2.00 bits per heavy atom. The molecule has 0 amide bonds. The quantitative estimate of drug-likeness (QED) is 0.547. The van der Waals surface area contributed by atoms with Crippen LogP contribution >= 0.6 is 0 Å². The molecule has 3 heterocycles. The summed E-state index contributed by atoms with van der Waals surface area (Å²) in [5, 5.41) is 10.2. The summed E-state index contributed by atoms with van der Waals surface area (Å²) in [4.78, 5) is 16.7. The van der Waals surface area contributed by atoms with Gasteiger partial charge in [-0.2, -0.15) is 0 Å². The summed E-state index contributed by atoms with van der Waals surface area (Å²) >= 11 is 0. The van der Waals surface area contributed by atoms with Gasteiger partial charge in [-0.25, -0.2) is 9.78 Å². The molecule has 4 rings (SSSR count). The summed E-state index contributed by atoms with van der Waals surface area (Å²) < 4.78 is 7.16. The number of pyridine rings is 1. The fourth-order valence-corrected chi connectivity index (χ4v) is 2.51. The highest BCUT2D eigenvalue weighted by atomic mass is 16.4. The first-order valence-corrected chi connectivity index (χ1v) is 6.83. The molecule has 1 aromatic carbocycles. The second-order valence-corrected chi connectivity index (χ2v) is 5.27. The van der Waals surface area contributed by atoms with Crippen molar-refractivity contribution in [1.29, 1.82) is 0 Å². The maximum absolute atomic E-state index is 12.2. The van der Waals surface area contributed by atoms with E-state index in [1.807, 2.05) is 29.7 Å². The predicted molar refractivity (Wildman–Crippen MR) is 83.1 cm³/mol. The number of fused-ring (bicyclic) bond motifs is 2. The van der Waals surface area contributed by atoms with Crippen LogP contribution in [0.15, 0.2) is 58.0 Å². The summed E-state index contributed by atoms with van der Waals surface area (Å²) in [6.45, 7) is 2.00. The number of imidazole rings is 1. The Balaban J connectivity index is 1.97. The van der Waals surface area contributed by atoms with E-state index in [0.29, 0.717) is 16.8 Å². The first-order chi connectivity index (χ1) is 10.6. The molecule has 5 nitrogen and oxygen atoms in total. The molecule has 108 valence electrons. The van der Waals surface area contributed by atoms with E-state index in [1.165, 1.54) is 6.07 Å². The largest absolute Gasteiger partial charge is 0.508 e. The third-order valence-corrected chi connectivity index (χ3v) is 3.59. The van der Waals surface area contributed by atoms with Gasteiger partial charge in [0.1, 0.15) is 17.0 Å². The van der Waals surface area contributed by atoms with E-state index in [-0.39, 0.29) is 5.75 Å². The van der Waals surface area contributed by atoms with Gasteiger partial charge in [0, 0.05) is 23.8 Å². The Morgan fingerprint density at radius 1 is 1.14 bits per heavy atom. The zero-order chi connectivity index (χ0) is 15.3. The summed E-state index contributed by atoms with van der Waals surface area (Å²) in [5.74, 6) is 0.0617. The lowest BCUT2D eigenvalue weighted by Crippen LogP contribution is -2.02. The smallest absolute Gasteiger partial charge is 0.345 e. The molecule has 0 bridgehead atoms. The van der Waals surface area contributed by atoms with Crippen molar-refractivity contribution < 1.29 is 9.52 Å². The lowest BCUT2D eigenvalue weighted by molar-refractivity contribution is 0.473. The molecule has 0 radical (unpaired) electrons. The number of benzene rings is 1. The summed E-state index contributed by atoms with van der Waals surface area (Å²) in [5.41, 5.74) is 2.73. The molecule has 0 atom stereocenters. The third-order valence-electron chi connectivity index (χ3n) is 3.59. The molecule has 1 N–H and O–H groups in total. The van der Waals surface area contributed by atoms with Gasteiger partial charge < -0.3 is 13.9 Å². The molecule has 0 unspecified atom stereocenters. The number of aromatic nitrogens is 2. The standard InChI is InChI=1S/C17H12N2O3/c1-10-2-5-16-18-14(9-19(16)8-10)13-6-11-3-4-12(20)7-15(11)22-17(13)21/h2-9,20H,1H3. The van der Waals surface area contributed by atoms with Crippen LogP contribution in [0.2, 0.25) is 0 Å². The lowest BCUT2D eigenvalue weighted by atomic mass is 10.1. The molecular weight excluding hydrogens is 280 g/mol. The topological polar surface area (TPSA) is 67.7 Å². The van der Waals surface area contributed by atoms with Crippen molar-refractivity contribution in [3.8, 4) is 17.0 Å². The predicted octanol–water partition coefficient (Wildman–Crippen LogP) is 3.12. The van der Waals surface area contributed by atoms with Crippen LogP contribution in [0, 0.1) is 6.92 Å². The number of phenols is 1. The third kappa shape index (κ3) is 1.95. The highest BCUT2D eigenvalue weighted by molar-refractivity contribution is 5.82. The van der Waals surface area contributed by atoms with E-state index in [9.17, 15) is 9.90 Å². The van der Waals surface area contributed by atoms with Crippen molar-refractivity contribution >= 4 is 16.6 Å². The van der Waals surface area contributed by atoms with Crippen molar-refractivity contribution in [2.45, 2.75) is 6.92 Å².